The highest BCUT2D eigenvalue weighted by molar-refractivity contribution is 5.87. The zero-order chi connectivity index (χ0) is 18.8. The summed E-state index contributed by atoms with van der Waals surface area (Å²) in [6.07, 6.45) is 0.910. The van der Waals surface area contributed by atoms with Gasteiger partial charge in [0.15, 0.2) is 11.5 Å². The van der Waals surface area contributed by atoms with Crippen LogP contribution in [0.5, 0.6) is 11.5 Å². The molecule has 0 heterocycles. The van der Waals surface area contributed by atoms with Crippen molar-refractivity contribution in [2.45, 2.75) is 39.8 Å². The molecule has 0 saturated carbocycles. The highest BCUT2D eigenvalue weighted by Gasteiger charge is 2.17. The van der Waals surface area contributed by atoms with Crippen LogP contribution in [-0.2, 0) is 16.1 Å². The van der Waals surface area contributed by atoms with Crippen molar-refractivity contribution in [3.8, 4) is 11.5 Å². The van der Waals surface area contributed by atoms with Gasteiger partial charge in [-0.05, 0) is 30.0 Å². The minimum Gasteiger partial charge on any atom is -0.493 e. The van der Waals surface area contributed by atoms with E-state index in [1.807, 2.05) is 39.0 Å². The van der Waals surface area contributed by atoms with Crippen LogP contribution >= 0.6 is 12.4 Å². The van der Waals surface area contributed by atoms with E-state index in [1.54, 1.807) is 7.11 Å². The lowest BCUT2D eigenvalue weighted by Gasteiger charge is -2.15. The lowest BCUT2D eigenvalue weighted by Crippen LogP contribution is -2.47. The van der Waals surface area contributed by atoms with Gasteiger partial charge in [0.05, 0.1) is 26.3 Å². The summed E-state index contributed by atoms with van der Waals surface area (Å²) >= 11 is 0. The average molecular weight is 388 g/mol. The summed E-state index contributed by atoms with van der Waals surface area (Å²) in [5.74, 6) is 0.702. The molecule has 0 fully saturated rings. The number of rotatable bonds is 10. The van der Waals surface area contributed by atoms with Gasteiger partial charge < -0.3 is 25.8 Å². The highest BCUT2D eigenvalue weighted by Crippen LogP contribution is 2.28. The first kappa shape index (κ1) is 24.0. The first-order valence-electron chi connectivity index (χ1n) is 8.48. The maximum atomic E-state index is 11.9. The monoisotopic (exact) mass is 387 g/mol. The third kappa shape index (κ3) is 7.93. The van der Waals surface area contributed by atoms with Crippen LogP contribution in [0, 0.1) is 5.92 Å². The van der Waals surface area contributed by atoms with E-state index in [1.165, 1.54) is 0 Å². The molecule has 0 aliphatic carbocycles. The summed E-state index contributed by atoms with van der Waals surface area (Å²) in [7, 11) is 1.57. The number of carbonyl (C=O) groups is 2. The van der Waals surface area contributed by atoms with Crippen molar-refractivity contribution < 1.29 is 19.1 Å². The van der Waals surface area contributed by atoms with Crippen molar-refractivity contribution in [3.63, 3.8) is 0 Å². The van der Waals surface area contributed by atoms with Gasteiger partial charge in [-0.2, -0.15) is 0 Å². The smallest absolute Gasteiger partial charge is 0.239 e. The number of methoxy groups -OCH3 is 1. The first-order valence-corrected chi connectivity index (χ1v) is 8.48. The third-order valence-corrected chi connectivity index (χ3v) is 3.62. The fraction of sp³-hybridized carbons (Fsp3) is 0.556. The van der Waals surface area contributed by atoms with Gasteiger partial charge >= 0.3 is 0 Å². The van der Waals surface area contributed by atoms with Crippen molar-refractivity contribution in [1.82, 2.24) is 10.6 Å². The summed E-state index contributed by atoms with van der Waals surface area (Å²) in [5, 5.41) is 5.28. The van der Waals surface area contributed by atoms with E-state index < -0.39 is 6.04 Å². The van der Waals surface area contributed by atoms with Crippen LogP contribution in [-0.4, -0.2) is 38.1 Å². The van der Waals surface area contributed by atoms with E-state index in [0.717, 1.165) is 12.0 Å². The number of hydrogen-bond donors (Lipinski definition) is 3. The van der Waals surface area contributed by atoms with E-state index in [0.29, 0.717) is 24.7 Å². The van der Waals surface area contributed by atoms with E-state index >= 15 is 0 Å². The third-order valence-electron chi connectivity index (χ3n) is 3.62. The van der Waals surface area contributed by atoms with Gasteiger partial charge in [0.25, 0.3) is 0 Å². The standard InChI is InChI=1S/C18H29N3O4.ClH/c1-5-8-25-14-7-6-13(9-15(14)24-4)10-20-16(22)11-21-18(23)17(19)12(2)3;/h6-7,9,12,17H,5,8,10-11,19H2,1-4H3,(H,20,22)(H,21,23);1H/t17-;/m0./s1. The number of amides is 2. The molecule has 0 aliphatic heterocycles. The molecule has 2 amide bonds. The van der Waals surface area contributed by atoms with Crippen LogP contribution in [0.15, 0.2) is 18.2 Å². The fourth-order valence-electron chi connectivity index (χ4n) is 2.00. The Morgan fingerprint density at radius 2 is 1.88 bits per heavy atom. The maximum absolute atomic E-state index is 11.9. The normalized spacial score (nSPS) is 11.3. The van der Waals surface area contributed by atoms with Gasteiger partial charge in [-0.3, -0.25) is 9.59 Å². The lowest BCUT2D eigenvalue weighted by atomic mass is 10.1. The van der Waals surface area contributed by atoms with E-state index in [4.69, 9.17) is 15.2 Å². The predicted molar refractivity (Wildman–Crippen MR) is 104 cm³/mol. The van der Waals surface area contributed by atoms with Crippen LogP contribution in [0.1, 0.15) is 32.8 Å². The SMILES string of the molecule is CCCOc1ccc(CNC(=O)CNC(=O)[C@@H](N)C(C)C)cc1OC.Cl. The van der Waals surface area contributed by atoms with Crippen molar-refractivity contribution in [2.75, 3.05) is 20.3 Å². The Bertz CT molecular complexity index is 582. The molecule has 0 unspecified atom stereocenters. The molecule has 0 aromatic heterocycles. The van der Waals surface area contributed by atoms with Crippen molar-refractivity contribution >= 4 is 24.2 Å². The summed E-state index contributed by atoms with van der Waals surface area (Å²) in [6.45, 7) is 6.58. The number of hydrogen-bond acceptors (Lipinski definition) is 5. The Kier molecular flexibility index (Phi) is 11.4. The van der Waals surface area contributed by atoms with Crippen molar-refractivity contribution in [2.24, 2.45) is 11.7 Å². The highest BCUT2D eigenvalue weighted by atomic mass is 35.5. The lowest BCUT2D eigenvalue weighted by molar-refractivity contribution is -0.127. The molecule has 0 spiro atoms. The second kappa shape index (κ2) is 12.4. The number of benzene rings is 1. The minimum absolute atomic E-state index is 0. The van der Waals surface area contributed by atoms with Crippen molar-refractivity contribution in [1.29, 1.82) is 0 Å². The van der Waals surface area contributed by atoms with Gasteiger partial charge in [-0.15, -0.1) is 12.4 Å². The minimum atomic E-state index is -0.618. The zero-order valence-corrected chi connectivity index (χ0v) is 16.7. The topological polar surface area (TPSA) is 103 Å². The summed E-state index contributed by atoms with van der Waals surface area (Å²) in [5.41, 5.74) is 6.60. The second-order valence-corrected chi connectivity index (χ2v) is 6.10. The fourth-order valence-corrected chi connectivity index (χ4v) is 2.00. The van der Waals surface area contributed by atoms with Crippen LogP contribution < -0.4 is 25.8 Å². The Morgan fingerprint density at radius 1 is 1.19 bits per heavy atom. The Morgan fingerprint density at radius 3 is 2.46 bits per heavy atom. The quantitative estimate of drug-likeness (QED) is 0.566. The first-order chi connectivity index (χ1) is 11.9. The van der Waals surface area contributed by atoms with Gasteiger partial charge in [0.1, 0.15) is 0 Å². The largest absolute Gasteiger partial charge is 0.493 e. The molecule has 26 heavy (non-hydrogen) atoms. The molecule has 1 aromatic carbocycles. The van der Waals surface area contributed by atoms with Gasteiger partial charge in [0, 0.05) is 6.54 Å². The molecule has 148 valence electrons. The molecule has 8 heteroatoms. The van der Waals surface area contributed by atoms with Crippen LogP contribution in [0.25, 0.3) is 0 Å². The zero-order valence-electron chi connectivity index (χ0n) is 15.8. The maximum Gasteiger partial charge on any atom is 0.239 e. The molecule has 1 rings (SSSR count). The van der Waals surface area contributed by atoms with E-state index in [9.17, 15) is 9.59 Å². The van der Waals surface area contributed by atoms with Crippen LogP contribution in [0.2, 0.25) is 0 Å². The van der Waals surface area contributed by atoms with E-state index in [2.05, 4.69) is 10.6 Å². The molecule has 0 aliphatic rings. The molecule has 0 radical (unpaired) electrons. The Hall–Kier alpha value is -1.99. The van der Waals surface area contributed by atoms with E-state index in [-0.39, 0.29) is 36.7 Å². The Labute approximate surface area is 161 Å². The summed E-state index contributed by atoms with van der Waals surface area (Å²) < 4.78 is 10.9. The average Bonchev–Trinajstić information content (AvgIpc) is 2.61. The molecule has 0 saturated heterocycles. The number of carbonyl (C=O) groups excluding carboxylic acids is 2. The number of halogens is 1. The molecule has 4 N–H and O–H groups in total. The molecular formula is C18H30ClN3O4. The summed E-state index contributed by atoms with van der Waals surface area (Å²) in [4.78, 5) is 23.6. The molecule has 1 atom stereocenters. The molecule has 7 nitrogen and oxygen atoms in total. The second-order valence-electron chi connectivity index (χ2n) is 6.10. The van der Waals surface area contributed by atoms with Gasteiger partial charge in [-0.25, -0.2) is 0 Å². The molecular weight excluding hydrogens is 358 g/mol. The Balaban J connectivity index is 0.00000625. The van der Waals surface area contributed by atoms with Crippen LogP contribution in [0.4, 0.5) is 0 Å². The van der Waals surface area contributed by atoms with Gasteiger partial charge in [-0.1, -0.05) is 26.8 Å². The summed E-state index contributed by atoms with van der Waals surface area (Å²) in [6, 6.07) is 4.88. The number of ether oxygens (including phenoxy) is 2. The van der Waals surface area contributed by atoms with Crippen LogP contribution in [0.3, 0.4) is 0 Å². The van der Waals surface area contributed by atoms with Gasteiger partial charge in [0.2, 0.25) is 11.8 Å². The molecule has 0 bridgehead atoms. The molecule has 1 aromatic rings. The number of nitrogens with one attached hydrogen (secondary N) is 2. The predicted octanol–water partition coefficient (Wildman–Crippen LogP) is 1.62. The van der Waals surface area contributed by atoms with Crippen molar-refractivity contribution in [3.05, 3.63) is 23.8 Å². The number of nitrogens with two attached hydrogens (primary N) is 1.